The van der Waals surface area contributed by atoms with E-state index >= 15 is 0 Å². The standard InChI is InChI=1S/C25H19N3O6S/c1-2-32-19-10-9-15(13-28-23(29)16-6-3-4-7-17(16)24(28)30)12-18(19)25(31)33-14-21-26-27-22(34-21)20-8-5-11-35-20/h3-12H,2,13-14H2,1H3. The molecule has 0 unspecified atom stereocenters. The molecule has 35 heavy (non-hydrogen) atoms. The molecule has 2 aromatic carbocycles. The molecule has 5 rings (SSSR count). The summed E-state index contributed by atoms with van der Waals surface area (Å²) in [5.74, 6) is -0.573. The molecule has 2 amide bonds. The monoisotopic (exact) mass is 489 g/mol. The summed E-state index contributed by atoms with van der Waals surface area (Å²) in [7, 11) is 0. The smallest absolute Gasteiger partial charge is 0.342 e. The first-order valence-electron chi connectivity index (χ1n) is 10.8. The van der Waals surface area contributed by atoms with Crippen LogP contribution < -0.4 is 4.74 Å². The lowest BCUT2D eigenvalue weighted by atomic mass is 10.1. The van der Waals surface area contributed by atoms with Crippen LogP contribution in [-0.2, 0) is 17.9 Å². The summed E-state index contributed by atoms with van der Waals surface area (Å²) in [5, 5.41) is 9.78. The van der Waals surface area contributed by atoms with Crippen molar-refractivity contribution in [1.29, 1.82) is 0 Å². The Balaban J connectivity index is 1.32. The molecule has 0 bridgehead atoms. The summed E-state index contributed by atoms with van der Waals surface area (Å²) in [6.07, 6.45) is 0. The summed E-state index contributed by atoms with van der Waals surface area (Å²) >= 11 is 1.46. The zero-order chi connectivity index (χ0) is 24.4. The maximum absolute atomic E-state index is 12.9. The van der Waals surface area contributed by atoms with E-state index in [-0.39, 0.29) is 36.4 Å². The van der Waals surface area contributed by atoms with Gasteiger partial charge in [0.25, 0.3) is 23.6 Å². The number of carbonyl (C=O) groups is 3. The minimum absolute atomic E-state index is 0.00681. The molecule has 3 heterocycles. The summed E-state index contributed by atoms with van der Waals surface area (Å²) in [6, 6.07) is 15.3. The summed E-state index contributed by atoms with van der Waals surface area (Å²) in [6.45, 7) is 1.93. The molecule has 0 N–H and O–H groups in total. The molecule has 0 saturated carbocycles. The van der Waals surface area contributed by atoms with E-state index < -0.39 is 5.97 Å². The molecule has 0 fully saturated rings. The van der Waals surface area contributed by atoms with Crippen LogP contribution in [0.15, 0.2) is 64.4 Å². The lowest BCUT2D eigenvalue weighted by Gasteiger charge is -2.16. The number of carbonyl (C=O) groups excluding carboxylic acids is 3. The third kappa shape index (κ3) is 4.43. The van der Waals surface area contributed by atoms with E-state index in [0.29, 0.717) is 34.9 Å². The second-order valence-corrected chi connectivity index (χ2v) is 8.51. The van der Waals surface area contributed by atoms with E-state index in [1.165, 1.54) is 11.3 Å². The van der Waals surface area contributed by atoms with Crippen LogP contribution in [-0.4, -0.2) is 39.5 Å². The van der Waals surface area contributed by atoms with Crippen molar-refractivity contribution in [2.24, 2.45) is 0 Å². The van der Waals surface area contributed by atoms with Gasteiger partial charge in [-0.2, -0.15) is 0 Å². The molecule has 4 aromatic rings. The summed E-state index contributed by atoms with van der Waals surface area (Å²) in [4.78, 5) is 40.3. The van der Waals surface area contributed by atoms with Gasteiger partial charge in [-0.05, 0) is 48.2 Å². The molecule has 1 aliphatic heterocycles. The molecular weight excluding hydrogens is 470 g/mol. The van der Waals surface area contributed by atoms with Gasteiger partial charge < -0.3 is 13.9 Å². The molecule has 9 nitrogen and oxygen atoms in total. The van der Waals surface area contributed by atoms with Gasteiger partial charge in [0.15, 0.2) is 6.61 Å². The lowest BCUT2D eigenvalue weighted by molar-refractivity contribution is 0.0434. The number of rotatable bonds is 8. The molecule has 0 aliphatic carbocycles. The number of nitrogens with zero attached hydrogens (tertiary/aromatic N) is 3. The summed E-state index contributed by atoms with van der Waals surface area (Å²) in [5.41, 5.74) is 1.47. The average molecular weight is 490 g/mol. The molecular formula is C25H19N3O6S. The van der Waals surface area contributed by atoms with Crippen LogP contribution in [0.3, 0.4) is 0 Å². The fourth-order valence-corrected chi connectivity index (χ4v) is 4.34. The Bertz CT molecular complexity index is 1380. The van der Waals surface area contributed by atoms with Crippen LogP contribution in [0.5, 0.6) is 5.75 Å². The van der Waals surface area contributed by atoms with Crippen LogP contribution >= 0.6 is 11.3 Å². The highest BCUT2D eigenvalue weighted by molar-refractivity contribution is 7.13. The zero-order valence-electron chi connectivity index (χ0n) is 18.6. The lowest BCUT2D eigenvalue weighted by Crippen LogP contribution is -2.29. The van der Waals surface area contributed by atoms with E-state index in [1.54, 1.807) is 49.4 Å². The van der Waals surface area contributed by atoms with Gasteiger partial charge in [-0.25, -0.2) is 4.79 Å². The van der Waals surface area contributed by atoms with Crippen LogP contribution in [0.1, 0.15) is 49.5 Å². The predicted octanol–water partition coefficient (Wildman–Crippen LogP) is 4.35. The molecule has 0 spiro atoms. The van der Waals surface area contributed by atoms with Crippen molar-refractivity contribution >= 4 is 29.1 Å². The second-order valence-electron chi connectivity index (χ2n) is 7.56. The summed E-state index contributed by atoms with van der Waals surface area (Å²) < 4.78 is 16.5. The second kappa shape index (κ2) is 9.51. The van der Waals surface area contributed by atoms with E-state index in [9.17, 15) is 14.4 Å². The van der Waals surface area contributed by atoms with E-state index in [0.717, 1.165) is 9.78 Å². The first kappa shape index (κ1) is 22.5. The SMILES string of the molecule is CCOc1ccc(CN2C(=O)c3ccccc3C2=O)cc1C(=O)OCc1nnc(-c2cccs2)o1. The highest BCUT2D eigenvalue weighted by atomic mass is 32.1. The Labute approximate surface area is 203 Å². The maximum atomic E-state index is 12.9. The largest absolute Gasteiger partial charge is 0.493 e. The minimum atomic E-state index is -0.659. The van der Waals surface area contributed by atoms with Gasteiger partial charge in [0.1, 0.15) is 11.3 Å². The number of amides is 2. The Morgan fingerprint density at radius 1 is 1.03 bits per heavy atom. The number of esters is 1. The van der Waals surface area contributed by atoms with Crippen LogP contribution in [0.25, 0.3) is 10.8 Å². The molecule has 2 aromatic heterocycles. The molecule has 0 saturated heterocycles. The Morgan fingerprint density at radius 2 is 1.80 bits per heavy atom. The zero-order valence-corrected chi connectivity index (χ0v) is 19.4. The molecule has 176 valence electrons. The Hall–Kier alpha value is -4.31. The number of aromatic nitrogens is 2. The maximum Gasteiger partial charge on any atom is 0.342 e. The first-order chi connectivity index (χ1) is 17.0. The molecule has 1 aliphatic rings. The number of imide groups is 1. The van der Waals surface area contributed by atoms with Crippen molar-refractivity contribution < 1.29 is 28.3 Å². The highest BCUT2D eigenvalue weighted by Gasteiger charge is 2.35. The van der Waals surface area contributed by atoms with Crippen LogP contribution in [0.2, 0.25) is 0 Å². The minimum Gasteiger partial charge on any atom is -0.493 e. The number of benzene rings is 2. The number of hydrogen-bond donors (Lipinski definition) is 0. The number of thiophene rings is 1. The van der Waals surface area contributed by atoms with E-state index in [1.807, 2.05) is 17.5 Å². The third-order valence-electron chi connectivity index (χ3n) is 5.31. The van der Waals surface area contributed by atoms with Crippen molar-refractivity contribution in [1.82, 2.24) is 15.1 Å². The van der Waals surface area contributed by atoms with E-state index in [2.05, 4.69) is 10.2 Å². The van der Waals surface area contributed by atoms with Gasteiger partial charge in [0.05, 0.1) is 29.2 Å². The normalized spacial score (nSPS) is 12.7. The van der Waals surface area contributed by atoms with Crippen LogP contribution in [0, 0.1) is 0 Å². The van der Waals surface area contributed by atoms with Crippen LogP contribution in [0.4, 0.5) is 0 Å². The Kier molecular flexibility index (Phi) is 6.11. The number of hydrogen-bond acceptors (Lipinski definition) is 9. The van der Waals surface area contributed by atoms with Gasteiger partial charge in [0, 0.05) is 0 Å². The fourth-order valence-electron chi connectivity index (χ4n) is 3.70. The van der Waals surface area contributed by atoms with Crippen molar-refractivity contribution in [3.05, 3.63) is 88.1 Å². The van der Waals surface area contributed by atoms with Crippen molar-refractivity contribution in [3.8, 4) is 16.5 Å². The molecule has 0 atom stereocenters. The van der Waals surface area contributed by atoms with E-state index in [4.69, 9.17) is 13.9 Å². The fraction of sp³-hybridized carbons (Fsp3) is 0.160. The molecule has 0 radical (unpaired) electrons. The number of ether oxygens (including phenoxy) is 2. The van der Waals surface area contributed by atoms with Gasteiger partial charge in [-0.1, -0.05) is 24.3 Å². The van der Waals surface area contributed by atoms with Gasteiger partial charge in [0.2, 0.25) is 0 Å². The first-order valence-corrected chi connectivity index (χ1v) is 11.7. The van der Waals surface area contributed by atoms with Crippen molar-refractivity contribution in [3.63, 3.8) is 0 Å². The molecule has 10 heteroatoms. The quantitative estimate of drug-likeness (QED) is 0.265. The highest BCUT2D eigenvalue weighted by Crippen LogP contribution is 2.28. The van der Waals surface area contributed by atoms with Gasteiger partial charge in [-0.15, -0.1) is 21.5 Å². The Morgan fingerprint density at radius 3 is 2.49 bits per heavy atom. The topological polar surface area (TPSA) is 112 Å². The third-order valence-corrected chi connectivity index (χ3v) is 6.17. The van der Waals surface area contributed by atoms with Gasteiger partial charge >= 0.3 is 5.97 Å². The van der Waals surface area contributed by atoms with Crippen molar-refractivity contribution in [2.45, 2.75) is 20.1 Å². The predicted molar refractivity (Wildman–Crippen MR) is 125 cm³/mol. The van der Waals surface area contributed by atoms with Crippen molar-refractivity contribution in [2.75, 3.05) is 6.61 Å². The number of fused-ring (bicyclic) bond motifs is 1. The average Bonchev–Trinajstić information content (AvgIpc) is 3.62. The van der Waals surface area contributed by atoms with Gasteiger partial charge in [-0.3, -0.25) is 14.5 Å².